The highest BCUT2D eigenvalue weighted by molar-refractivity contribution is 6.32. The second-order valence-corrected chi connectivity index (χ2v) is 6.34. The van der Waals surface area contributed by atoms with E-state index in [1.54, 1.807) is 0 Å². The molecule has 2 aromatic carbocycles. The summed E-state index contributed by atoms with van der Waals surface area (Å²) in [5.74, 6) is -1.23. The van der Waals surface area contributed by atoms with Crippen LogP contribution in [-0.2, 0) is 0 Å². The van der Waals surface area contributed by atoms with Gasteiger partial charge in [0.05, 0.1) is 10.0 Å². The molecule has 4 nitrogen and oxygen atoms in total. The molecule has 0 radical (unpaired) electrons. The van der Waals surface area contributed by atoms with Gasteiger partial charge in [0.25, 0.3) is 0 Å². The molecule has 0 saturated carbocycles. The van der Waals surface area contributed by atoms with Crippen LogP contribution in [0, 0.1) is 0 Å². The predicted molar refractivity (Wildman–Crippen MR) is 90.1 cm³/mol. The molecule has 0 heterocycles. The number of nitrogens with two attached hydrogens (primary N) is 2. The molecule has 4 N–H and O–H groups in total. The van der Waals surface area contributed by atoms with Gasteiger partial charge in [0, 0.05) is 12.1 Å². The second kappa shape index (κ2) is 8.24. The minimum atomic E-state index is -4.92. The van der Waals surface area contributed by atoms with Gasteiger partial charge in [-0.2, -0.15) is 0 Å². The Labute approximate surface area is 164 Å². The molecule has 0 bridgehead atoms. The summed E-state index contributed by atoms with van der Waals surface area (Å²) < 4.78 is 81.2. The molecule has 0 aromatic heterocycles. The average Bonchev–Trinajstić information content (AvgIpc) is 2.55. The lowest BCUT2D eigenvalue weighted by molar-refractivity contribution is -0.275. The summed E-state index contributed by atoms with van der Waals surface area (Å²) in [4.78, 5) is 0. The number of ether oxygens (including phenoxy) is 2. The van der Waals surface area contributed by atoms with Gasteiger partial charge in [-0.05, 0) is 35.4 Å². The maximum Gasteiger partial charge on any atom is 0.573 e. The topological polar surface area (TPSA) is 70.5 Å². The Kier molecular flexibility index (Phi) is 6.59. The molecule has 2 atom stereocenters. The lowest BCUT2D eigenvalue weighted by atomic mass is 9.95. The predicted octanol–water partition coefficient (Wildman–Crippen LogP) is 5.49. The van der Waals surface area contributed by atoms with Gasteiger partial charge in [-0.25, -0.2) is 0 Å². The van der Waals surface area contributed by atoms with Gasteiger partial charge in [-0.15, -0.1) is 26.3 Å². The first-order valence-corrected chi connectivity index (χ1v) is 8.14. The molecular formula is C16H12Cl2F6N2O2. The highest BCUT2D eigenvalue weighted by atomic mass is 35.5. The highest BCUT2D eigenvalue weighted by Crippen LogP contribution is 2.36. The molecule has 0 amide bonds. The third-order valence-corrected chi connectivity index (χ3v) is 4.11. The smallest absolute Gasteiger partial charge is 0.404 e. The zero-order chi connectivity index (χ0) is 21.3. The Morgan fingerprint density at radius 1 is 0.679 bits per heavy atom. The van der Waals surface area contributed by atoms with Crippen LogP contribution in [0.5, 0.6) is 11.5 Å². The summed E-state index contributed by atoms with van der Waals surface area (Å²) in [6, 6.07) is 4.81. The Hall–Kier alpha value is -1.88. The minimum Gasteiger partial charge on any atom is -0.404 e. The van der Waals surface area contributed by atoms with Crippen LogP contribution in [-0.4, -0.2) is 12.7 Å². The molecule has 0 fully saturated rings. The summed E-state index contributed by atoms with van der Waals surface area (Å²) >= 11 is 11.5. The standard InChI is InChI=1S/C16H12Cl2F6N2O2/c17-9-5-7(1-3-11(9)27-15(19,20)21)13(25)14(26)8-2-4-12(10(18)6-8)28-16(22,23)24/h1-6,13-14H,25-26H2. The van der Waals surface area contributed by atoms with Crippen molar-refractivity contribution in [3.8, 4) is 11.5 Å². The molecule has 2 unspecified atom stereocenters. The third-order valence-electron chi connectivity index (χ3n) is 3.52. The summed E-state index contributed by atoms with van der Waals surface area (Å²) in [7, 11) is 0. The van der Waals surface area contributed by atoms with Crippen LogP contribution in [0.15, 0.2) is 36.4 Å². The van der Waals surface area contributed by atoms with Gasteiger partial charge in [-0.1, -0.05) is 35.3 Å². The molecule has 0 saturated heterocycles. The SMILES string of the molecule is NC(c1ccc(OC(F)(F)F)c(Cl)c1)C(N)c1ccc(OC(F)(F)F)c(Cl)c1. The van der Waals surface area contributed by atoms with Crippen LogP contribution in [0.25, 0.3) is 0 Å². The summed E-state index contributed by atoms with van der Waals surface area (Å²) in [6.45, 7) is 0. The molecule has 0 aliphatic rings. The van der Waals surface area contributed by atoms with Gasteiger partial charge in [-0.3, -0.25) is 0 Å². The average molecular weight is 449 g/mol. The van der Waals surface area contributed by atoms with E-state index in [-0.39, 0.29) is 21.2 Å². The Morgan fingerprint density at radius 3 is 1.25 bits per heavy atom. The fourth-order valence-electron chi connectivity index (χ4n) is 2.28. The van der Waals surface area contributed by atoms with Crippen molar-refractivity contribution in [1.29, 1.82) is 0 Å². The highest BCUT2D eigenvalue weighted by Gasteiger charge is 2.33. The van der Waals surface area contributed by atoms with E-state index in [9.17, 15) is 26.3 Å². The quantitative estimate of drug-likeness (QED) is 0.593. The van der Waals surface area contributed by atoms with E-state index in [1.807, 2.05) is 0 Å². The van der Waals surface area contributed by atoms with E-state index >= 15 is 0 Å². The van der Waals surface area contributed by atoms with Crippen LogP contribution in [0.3, 0.4) is 0 Å². The first kappa shape index (κ1) is 22.4. The Balaban J connectivity index is 2.21. The molecule has 0 aliphatic heterocycles. The Morgan fingerprint density at radius 2 is 1.00 bits per heavy atom. The van der Waals surface area contributed by atoms with Crippen molar-refractivity contribution in [2.45, 2.75) is 24.8 Å². The van der Waals surface area contributed by atoms with Crippen LogP contribution in [0.1, 0.15) is 23.2 Å². The van der Waals surface area contributed by atoms with Crippen molar-refractivity contribution >= 4 is 23.2 Å². The lowest BCUT2D eigenvalue weighted by Crippen LogP contribution is -2.26. The fourth-order valence-corrected chi connectivity index (χ4v) is 2.73. The van der Waals surface area contributed by atoms with Crippen molar-refractivity contribution in [3.05, 3.63) is 57.6 Å². The summed E-state index contributed by atoms with van der Waals surface area (Å²) in [6.07, 6.45) is -9.83. The molecular weight excluding hydrogens is 437 g/mol. The molecule has 28 heavy (non-hydrogen) atoms. The molecule has 12 heteroatoms. The van der Waals surface area contributed by atoms with Crippen molar-refractivity contribution in [3.63, 3.8) is 0 Å². The first-order valence-electron chi connectivity index (χ1n) is 7.38. The third kappa shape index (κ3) is 6.06. The monoisotopic (exact) mass is 448 g/mol. The minimum absolute atomic E-state index is 0.277. The molecule has 0 spiro atoms. The lowest BCUT2D eigenvalue weighted by Gasteiger charge is -2.22. The van der Waals surface area contributed by atoms with Crippen molar-refractivity contribution in [1.82, 2.24) is 0 Å². The maximum absolute atomic E-state index is 12.3. The van der Waals surface area contributed by atoms with E-state index < -0.39 is 36.3 Å². The van der Waals surface area contributed by atoms with E-state index in [0.717, 1.165) is 24.3 Å². The number of hydrogen-bond donors (Lipinski definition) is 2. The van der Waals surface area contributed by atoms with Crippen molar-refractivity contribution in [2.24, 2.45) is 11.5 Å². The van der Waals surface area contributed by atoms with Gasteiger partial charge in [0.2, 0.25) is 0 Å². The first-order chi connectivity index (χ1) is 12.8. The van der Waals surface area contributed by atoms with Gasteiger partial charge < -0.3 is 20.9 Å². The van der Waals surface area contributed by atoms with Crippen molar-refractivity contribution < 1.29 is 35.8 Å². The number of hydrogen-bond acceptors (Lipinski definition) is 4. The molecule has 2 aromatic rings. The van der Waals surface area contributed by atoms with Crippen LogP contribution < -0.4 is 20.9 Å². The van der Waals surface area contributed by atoms with Crippen LogP contribution >= 0.6 is 23.2 Å². The van der Waals surface area contributed by atoms with Crippen LogP contribution in [0.4, 0.5) is 26.3 Å². The second-order valence-electron chi connectivity index (χ2n) is 5.53. The zero-order valence-electron chi connectivity index (χ0n) is 13.6. The van der Waals surface area contributed by atoms with Crippen LogP contribution in [0.2, 0.25) is 10.0 Å². The number of benzene rings is 2. The fraction of sp³-hybridized carbons (Fsp3) is 0.250. The van der Waals surface area contributed by atoms with Crippen molar-refractivity contribution in [2.75, 3.05) is 0 Å². The number of rotatable bonds is 5. The summed E-state index contributed by atoms with van der Waals surface area (Å²) in [5, 5.41) is -0.686. The van der Waals surface area contributed by atoms with E-state index in [0.29, 0.717) is 0 Å². The zero-order valence-corrected chi connectivity index (χ0v) is 15.1. The molecule has 0 aliphatic carbocycles. The van der Waals surface area contributed by atoms with E-state index in [4.69, 9.17) is 34.7 Å². The van der Waals surface area contributed by atoms with Gasteiger partial charge in [0.1, 0.15) is 11.5 Å². The maximum atomic E-state index is 12.3. The number of alkyl halides is 6. The molecule has 154 valence electrons. The largest absolute Gasteiger partial charge is 0.573 e. The number of halogens is 8. The van der Waals surface area contributed by atoms with Gasteiger partial charge in [0.15, 0.2) is 0 Å². The molecule has 2 rings (SSSR count). The Bertz CT molecular complexity index is 775. The van der Waals surface area contributed by atoms with E-state index in [2.05, 4.69) is 9.47 Å². The normalized spacial score (nSPS) is 14.5. The van der Waals surface area contributed by atoms with E-state index in [1.165, 1.54) is 12.1 Å². The summed E-state index contributed by atoms with van der Waals surface area (Å²) in [5.41, 5.74) is 12.6. The van der Waals surface area contributed by atoms with Gasteiger partial charge >= 0.3 is 12.7 Å².